The molecule has 0 spiro atoms. The van der Waals surface area contributed by atoms with Crippen molar-refractivity contribution in [2.24, 2.45) is 5.73 Å². The van der Waals surface area contributed by atoms with Gasteiger partial charge in [-0.2, -0.15) is 0 Å². The molecule has 0 aliphatic carbocycles. The van der Waals surface area contributed by atoms with Gasteiger partial charge in [0.15, 0.2) is 0 Å². The van der Waals surface area contributed by atoms with Crippen LogP contribution in [0, 0.1) is 0 Å². The number of ether oxygens (including phenoxy) is 2. The van der Waals surface area contributed by atoms with Crippen LogP contribution in [0.5, 0.6) is 5.75 Å². The van der Waals surface area contributed by atoms with Gasteiger partial charge in [0.2, 0.25) is 0 Å². The number of nitrogens with two attached hydrogens (primary N) is 1. The van der Waals surface area contributed by atoms with Gasteiger partial charge in [0.05, 0.1) is 25.3 Å². The van der Waals surface area contributed by atoms with E-state index in [0.717, 1.165) is 42.6 Å². The fraction of sp³-hybridized carbons (Fsp3) is 0.538. The molecule has 98 valence electrons. The summed E-state index contributed by atoms with van der Waals surface area (Å²) >= 11 is 6.33. The summed E-state index contributed by atoms with van der Waals surface area (Å²) in [7, 11) is 0. The first-order valence-corrected chi connectivity index (χ1v) is 6.64. The maximum Gasteiger partial charge on any atom is 0.125 e. The third-order valence-corrected chi connectivity index (χ3v) is 3.91. The molecule has 1 saturated heterocycles. The zero-order valence-corrected chi connectivity index (χ0v) is 10.9. The van der Waals surface area contributed by atoms with Gasteiger partial charge >= 0.3 is 0 Å². The van der Waals surface area contributed by atoms with Crippen molar-refractivity contribution in [1.29, 1.82) is 0 Å². The van der Waals surface area contributed by atoms with Crippen molar-refractivity contribution in [1.82, 2.24) is 4.90 Å². The van der Waals surface area contributed by atoms with Gasteiger partial charge in [-0.1, -0.05) is 17.7 Å². The number of benzene rings is 1. The van der Waals surface area contributed by atoms with Crippen molar-refractivity contribution < 1.29 is 9.47 Å². The third kappa shape index (κ3) is 2.10. The largest absolute Gasteiger partial charge is 0.491 e. The topological polar surface area (TPSA) is 47.7 Å². The summed E-state index contributed by atoms with van der Waals surface area (Å²) in [5.74, 6) is 0.862. The van der Waals surface area contributed by atoms with Gasteiger partial charge < -0.3 is 15.2 Å². The Morgan fingerprint density at radius 2 is 2.06 bits per heavy atom. The van der Waals surface area contributed by atoms with Gasteiger partial charge in [0.25, 0.3) is 0 Å². The van der Waals surface area contributed by atoms with Crippen LogP contribution in [0.2, 0.25) is 5.02 Å². The summed E-state index contributed by atoms with van der Waals surface area (Å²) in [5.41, 5.74) is 7.26. The van der Waals surface area contributed by atoms with Gasteiger partial charge in [0.1, 0.15) is 12.4 Å². The quantitative estimate of drug-likeness (QED) is 0.837. The fourth-order valence-electron chi connectivity index (χ4n) is 2.73. The van der Waals surface area contributed by atoms with Gasteiger partial charge in [-0.15, -0.1) is 0 Å². The normalized spacial score (nSPS) is 28.6. The molecule has 2 heterocycles. The average Bonchev–Trinajstić information content (AvgIpc) is 2.40. The molecule has 2 unspecified atom stereocenters. The Kier molecular flexibility index (Phi) is 3.43. The molecule has 1 fully saturated rings. The van der Waals surface area contributed by atoms with E-state index < -0.39 is 0 Å². The molecule has 4 nitrogen and oxygen atoms in total. The van der Waals surface area contributed by atoms with E-state index in [-0.39, 0.29) is 12.1 Å². The van der Waals surface area contributed by atoms with E-state index in [0.29, 0.717) is 6.61 Å². The van der Waals surface area contributed by atoms with Crippen LogP contribution in [0.25, 0.3) is 0 Å². The maximum absolute atomic E-state index is 6.33. The Balaban J connectivity index is 1.98. The predicted octanol–water partition coefficient (Wildman–Crippen LogP) is 1.43. The van der Waals surface area contributed by atoms with Crippen LogP contribution < -0.4 is 10.5 Å². The molecular weight excluding hydrogens is 252 g/mol. The smallest absolute Gasteiger partial charge is 0.125 e. The minimum Gasteiger partial charge on any atom is -0.491 e. The van der Waals surface area contributed by atoms with Crippen molar-refractivity contribution in [3.8, 4) is 5.75 Å². The third-order valence-electron chi connectivity index (χ3n) is 3.58. The van der Waals surface area contributed by atoms with E-state index in [1.54, 1.807) is 0 Å². The molecule has 3 rings (SSSR count). The van der Waals surface area contributed by atoms with Crippen LogP contribution in [-0.2, 0) is 4.74 Å². The Morgan fingerprint density at radius 3 is 2.83 bits per heavy atom. The van der Waals surface area contributed by atoms with Crippen molar-refractivity contribution in [3.63, 3.8) is 0 Å². The molecule has 0 bridgehead atoms. The second-order valence-electron chi connectivity index (χ2n) is 4.72. The summed E-state index contributed by atoms with van der Waals surface area (Å²) in [6.07, 6.45) is 0. The second-order valence-corrected chi connectivity index (χ2v) is 5.13. The Hall–Kier alpha value is -0.810. The molecule has 2 aliphatic rings. The molecular formula is C13H17ClN2O2. The molecule has 0 amide bonds. The Morgan fingerprint density at radius 1 is 1.28 bits per heavy atom. The molecule has 18 heavy (non-hydrogen) atoms. The number of morpholine rings is 1. The fourth-order valence-corrected chi connectivity index (χ4v) is 3.01. The Labute approximate surface area is 112 Å². The van der Waals surface area contributed by atoms with Gasteiger partial charge in [-0.3, -0.25) is 4.90 Å². The van der Waals surface area contributed by atoms with Crippen molar-refractivity contribution in [2.75, 3.05) is 32.9 Å². The predicted molar refractivity (Wildman–Crippen MR) is 70.1 cm³/mol. The average molecular weight is 269 g/mol. The Bertz CT molecular complexity index is 435. The lowest BCUT2D eigenvalue weighted by Gasteiger charge is -2.41. The minimum absolute atomic E-state index is 0.0458. The van der Waals surface area contributed by atoms with Gasteiger partial charge in [-0.25, -0.2) is 0 Å². The highest BCUT2D eigenvalue weighted by Gasteiger charge is 2.35. The van der Waals surface area contributed by atoms with Gasteiger partial charge in [0, 0.05) is 23.7 Å². The van der Waals surface area contributed by atoms with Crippen LogP contribution in [0.15, 0.2) is 18.2 Å². The molecule has 0 radical (unpaired) electrons. The monoisotopic (exact) mass is 268 g/mol. The molecule has 2 N–H and O–H groups in total. The highest BCUT2D eigenvalue weighted by atomic mass is 35.5. The molecule has 1 aromatic carbocycles. The zero-order valence-electron chi connectivity index (χ0n) is 10.1. The summed E-state index contributed by atoms with van der Waals surface area (Å²) in [4.78, 5) is 2.35. The van der Waals surface area contributed by atoms with Crippen LogP contribution >= 0.6 is 11.6 Å². The summed E-state index contributed by atoms with van der Waals surface area (Å²) in [5, 5.41) is 0.735. The molecule has 0 aromatic heterocycles. The van der Waals surface area contributed by atoms with E-state index in [4.69, 9.17) is 26.8 Å². The van der Waals surface area contributed by atoms with Crippen molar-refractivity contribution >= 4 is 11.6 Å². The van der Waals surface area contributed by atoms with Crippen LogP contribution in [0.1, 0.15) is 11.6 Å². The number of rotatable bonds is 1. The number of halogens is 1. The SMILES string of the molecule is NC1COc2cccc(Cl)c2C1N1CCOCC1. The molecule has 2 atom stereocenters. The standard InChI is InChI=1S/C13H17ClN2O2/c14-9-2-1-3-11-12(9)13(10(15)8-18-11)16-4-6-17-7-5-16/h1-3,10,13H,4-8,15H2. The van der Waals surface area contributed by atoms with Crippen molar-refractivity contribution in [2.45, 2.75) is 12.1 Å². The molecule has 0 saturated carbocycles. The van der Waals surface area contributed by atoms with Crippen LogP contribution in [-0.4, -0.2) is 43.9 Å². The van der Waals surface area contributed by atoms with Gasteiger partial charge in [-0.05, 0) is 12.1 Å². The van der Waals surface area contributed by atoms with E-state index in [1.807, 2.05) is 18.2 Å². The first-order valence-electron chi connectivity index (χ1n) is 6.26. The first-order chi connectivity index (χ1) is 8.77. The van der Waals surface area contributed by atoms with Crippen LogP contribution in [0.4, 0.5) is 0 Å². The molecule has 5 heteroatoms. The number of nitrogens with zero attached hydrogens (tertiary/aromatic N) is 1. The minimum atomic E-state index is -0.0458. The molecule has 1 aromatic rings. The summed E-state index contributed by atoms with van der Waals surface area (Å²) in [6, 6.07) is 5.85. The lowest BCUT2D eigenvalue weighted by atomic mass is 9.95. The highest BCUT2D eigenvalue weighted by molar-refractivity contribution is 6.31. The van der Waals surface area contributed by atoms with Crippen molar-refractivity contribution in [3.05, 3.63) is 28.8 Å². The van der Waals surface area contributed by atoms with E-state index in [1.165, 1.54) is 0 Å². The number of fused-ring (bicyclic) bond motifs is 1. The highest BCUT2D eigenvalue weighted by Crippen LogP contribution is 2.40. The van der Waals surface area contributed by atoms with E-state index in [2.05, 4.69) is 4.90 Å². The first kappa shape index (κ1) is 12.2. The molecule has 2 aliphatic heterocycles. The zero-order chi connectivity index (χ0) is 12.5. The van der Waals surface area contributed by atoms with E-state index >= 15 is 0 Å². The second kappa shape index (κ2) is 5.05. The summed E-state index contributed by atoms with van der Waals surface area (Å²) in [6.45, 7) is 3.83. The van der Waals surface area contributed by atoms with Crippen LogP contribution in [0.3, 0.4) is 0 Å². The maximum atomic E-state index is 6.33. The number of hydrogen-bond acceptors (Lipinski definition) is 4. The lowest BCUT2D eigenvalue weighted by Crippen LogP contribution is -2.50. The summed E-state index contributed by atoms with van der Waals surface area (Å²) < 4.78 is 11.1. The van der Waals surface area contributed by atoms with E-state index in [9.17, 15) is 0 Å². The number of hydrogen-bond donors (Lipinski definition) is 1. The lowest BCUT2D eigenvalue weighted by molar-refractivity contribution is 0.00145.